The third kappa shape index (κ3) is 4.46. The maximum atomic E-state index is 12.9. The molecule has 0 saturated carbocycles. The topological polar surface area (TPSA) is 64.5 Å². The molecule has 6 nitrogen and oxygen atoms in total. The van der Waals surface area contributed by atoms with Gasteiger partial charge < -0.3 is 24.7 Å². The quantitative estimate of drug-likeness (QED) is 0.416. The van der Waals surface area contributed by atoms with Crippen molar-refractivity contribution in [1.29, 1.82) is 0 Å². The number of ether oxygens (including phenoxy) is 2. The highest BCUT2D eigenvalue weighted by molar-refractivity contribution is 5.94. The van der Waals surface area contributed by atoms with Gasteiger partial charge in [-0.25, -0.2) is 0 Å². The SMILES string of the molecule is CNCCCOc1ccc2c(=O)c3ccc(OCCCNC)cc3n(C)c2c1. The second-order valence-corrected chi connectivity index (χ2v) is 6.86. The zero-order valence-electron chi connectivity index (χ0n) is 16.9. The molecule has 0 aliphatic heterocycles. The van der Waals surface area contributed by atoms with Crippen LogP contribution in [0.2, 0.25) is 0 Å². The first-order valence-corrected chi connectivity index (χ1v) is 9.77. The van der Waals surface area contributed by atoms with Crippen molar-refractivity contribution < 1.29 is 9.47 Å². The molecule has 28 heavy (non-hydrogen) atoms. The fourth-order valence-electron chi connectivity index (χ4n) is 3.29. The van der Waals surface area contributed by atoms with E-state index in [9.17, 15) is 4.79 Å². The minimum absolute atomic E-state index is 0.0339. The minimum Gasteiger partial charge on any atom is -0.493 e. The number of rotatable bonds is 10. The summed E-state index contributed by atoms with van der Waals surface area (Å²) in [5, 5.41) is 7.60. The Morgan fingerprint density at radius 1 is 0.821 bits per heavy atom. The Kier molecular flexibility index (Phi) is 6.90. The average Bonchev–Trinajstić information content (AvgIpc) is 2.72. The predicted octanol–water partition coefficient (Wildman–Crippen LogP) is 2.67. The van der Waals surface area contributed by atoms with E-state index in [0.717, 1.165) is 48.5 Å². The van der Waals surface area contributed by atoms with Gasteiger partial charge in [0.2, 0.25) is 0 Å². The second-order valence-electron chi connectivity index (χ2n) is 6.86. The Bertz CT molecular complexity index is 922. The van der Waals surface area contributed by atoms with Gasteiger partial charge in [0, 0.05) is 30.0 Å². The van der Waals surface area contributed by atoms with Gasteiger partial charge in [0.05, 0.1) is 24.2 Å². The number of aryl methyl sites for hydroxylation is 1. The van der Waals surface area contributed by atoms with Gasteiger partial charge in [-0.2, -0.15) is 0 Å². The van der Waals surface area contributed by atoms with Crippen molar-refractivity contribution in [2.45, 2.75) is 12.8 Å². The van der Waals surface area contributed by atoms with Crippen molar-refractivity contribution in [3.63, 3.8) is 0 Å². The summed E-state index contributed by atoms with van der Waals surface area (Å²) in [5.41, 5.74) is 1.75. The monoisotopic (exact) mass is 383 g/mol. The van der Waals surface area contributed by atoms with Crippen molar-refractivity contribution in [3.8, 4) is 11.5 Å². The van der Waals surface area contributed by atoms with Gasteiger partial charge in [-0.15, -0.1) is 0 Å². The molecule has 6 heteroatoms. The van der Waals surface area contributed by atoms with Gasteiger partial charge in [0.25, 0.3) is 0 Å². The molecular weight excluding hydrogens is 354 g/mol. The van der Waals surface area contributed by atoms with Crippen molar-refractivity contribution in [3.05, 3.63) is 46.6 Å². The summed E-state index contributed by atoms with van der Waals surface area (Å²) in [6.07, 6.45) is 1.86. The molecular formula is C22H29N3O3. The molecule has 2 aromatic carbocycles. The third-order valence-electron chi connectivity index (χ3n) is 4.83. The number of nitrogens with one attached hydrogen (secondary N) is 2. The molecule has 1 aromatic heterocycles. The summed E-state index contributed by atoms with van der Waals surface area (Å²) in [6, 6.07) is 11.3. The van der Waals surface area contributed by atoms with Crippen LogP contribution < -0.4 is 25.5 Å². The van der Waals surface area contributed by atoms with E-state index in [0.29, 0.717) is 24.0 Å². The Morgan fingerprint density at radius 2 is 1.29 bits per heavy atom. The number of fused-ring (bicyclic) bond motifs is 2. The van der Waals surface area contributed by atoms with Crippen LogP contribution in [0, 0.1) is 0 Å². The van der Waals surface area contributed by atoms with Gasteiger partial charge >= 0.3 is 0 Å². The van der Waals surface area contributed by atoms with Gasteiger partial charge in [-0.1, -0.05) is 0 Å². The molecule has 1 heterocycles. The lowest BCUT2D eigenvalue weighted by Crippen LogP contribution is -2.12. The third-order valence-corrected chi connectivity index (χ3v) is 4.83. The highest BCUT2D eigenvalue weighted by atomic mass is 16.5. The average molecular weight is 383 g/mol. The van der Waals surface area contributed by atoms with Crippen LogP contribution in [0.15, 0.2) is 41.2 Å². The van der Waals surface area contributed by atoms with Crippen LogP contribution in [0.1, 0.15) is 12.8 Å². The highest BCUT2D eigenvalue weighted by Gasteiger charge is 2.11. The van der Waals surface area contributed by atoms with Gasteiger partial charge in [-0.05, 0) is 64.3 Å². The Morgan fingerprint density at radius 3 is 1.71 bits per heavy atom. The smallest absolute Gasteiger partial charge is 0.197 e. The second kappa shape index (κ2) is 9.57. The van der Waals surface area contributed by atoms with Gasteiger partial charge in [0.1, 0.15) is 11.5 Å². The fraction of sp³-hybridized carbons (Fsp3) is 0.409. The molecule has 0 atom stereocenters. The molecule has 0 fully saturated rings. The molecule has 150 valence electrons. The van der Waals surface area contributed by atoms with Crippen molar-refractivity contribution >= 4 is 21.8 Å². The lowest BCUT2D eigenvalue weighted by atomic mass is 10.1. The summed E-state index contributed by atoms with van der Waals surface area (Å²) in [4.78, 5) is 12.9. The highest BCUT2D eigenvalue weighted by Crippen LogP contribution is 2.25. The van der Waals surface area contributed by atoms with E-state index in [-0.39, 0.29) is 5.43 Å². The molecule has 0 spiro atoms. The molecule has 0 aliphatic rings. The van der Waals surface area contributed by atoms with Crippen LogP contribution in [-0.4, -0.2) is 45.0 Å². The molecule has 2 N–H and O–H groups in total. The van der Waals surface area contributed by atoms with Crippen LogP contribution >= 0.6 is 0 Å². The molecule has 0 bridgehead atoms. The van der Waals surface area contributed by atoms with E-state index in [1.54, 1.807) is 0 Å². The van der Waals surface area contributed by atoms with Crippen LogP contribution in [0.25, 0.3) is 21.8 Å². The summed E-state index contributed by atoms with van der Waals surface area (Å²) < 4.78 is 13.7. The minimum atomic E-state index is 0.0339. The lowest BCUT2D eigenvalue weighted by Gasteiger charge is -2.14. The molecule has 0 saturated heterocycles. The molecule has 3 aromatic rings. The number of hydrogen-bond donors (Lipinski definition) is 2. The van der Waals surface area contributed by atoms with Crippen molar-refractivity contribution in [2.24, 2.45) is 7.05 Å². The lowest BCUT2D eigenvalue weighted by molar-refractivity contribution is 0.310. The maximum absolute atomic E-state index is 12.9. The van der Waals surface area contributed by atoms with Crippen LogP contribution in [0.5, 0.6) is 11.5 Å². The first-order valence-electron chi connectivity index (χ1n) is 9.77. The number of nitrogens with zero attached hydrogens (tertiary/aromatic N) is 1. The molecule has 0 amide bonds. The van der Waals surface area contributed by atoms with E-state index in [1.165, 1.54) is 0 Å². The van der Waals surface area contributed by atoms with Crippen LogP contribution in [0.3, 0.4) is 0 Å². The van der Waals surface area contributed by atoms with Crippen LogP contribution in [0.4, 0.5) is 0 Å². The Balaban J connectivity index is 1.93. The number of hydrogen-bond acceptors (Lipinski definition) is 5. The first kappa shape index (κ1) is 20.2. The van der Waals surface area contributed by atoms with Gasteiger partial charge in [0.15, 0.2) is 5.43 Å². The maximum Gasteiger partial charge on any atom is 0.197 e. The Labute approximate surface area is 165 Å². The standard InChI is InChI=1S/C22H29N3O3/c1-23-10-4-12-27-16-6-8-18-20(14-16)25(3)21-15-17(28-13-5-11-24-2)7-9-19(21)22(18)26/h6-9,14-15,23-24H,4-5,10-13H2,1-3H3. The van der Waals surface area contributed by atoms with Crippen molar-refractivity contribution in [1.82, 2.24) is 15.2 Å². The summed E-state index contributed by atoms with van der Waals surface area (Å²) in [6.45, 7) is 3.10. The zero-order chi connectivity index (χ0) is 19.9. The predicted molar refractivity (Wildman–Crippen MR) is 115 cm³/mol. The molecule has 0 radical (unpaired) electrons. The first-order chi connectivity index (χ1) is 13.7. The molecule has 0 aliphatic carbocycles. The number of benzene rings is 2. The van der Waals surface area contributed by atoms with Gasteiger partial charge in [-0.3, -0.25) is 4.79 Å². The number of aromatic nitrogens is 1. The van der Waals surface area contributed by atoms with Crippen molar-refractivity contribution in [2.75, 3.05) is 40.4 Å². The molecule has 3 rings (SSSR count). The van der Waals surface area contributed by atoms with Crippen LogP contribution in [-0.2, 0) is 7.05 Å². The normalized spacial score (nSPS) is 11.2. The van der Waals surface area contributed by atoms with E-state index >= 15 is 0 Å². The zero-order valence-corrected chi connectivity index (χ0v) is 16.9. The molecule has 0 unspecified atom stereocenters. The summed E-state index contributed by atoms with van der Waals surface area (Å²) in [7, 11) is 5.82. The largest absolute Gasteiger partial charge is 0.493 e. The van der Waals surface area contributed by atoms with E-state index in [1.807, 2.05) is 62.1 Å². The van der Waals surface area contributed by atoms with E-state index < -0.39 is 0 Å². The van der Waals surface area contributed by atoms with E-state index in [2.05, 4.69) is 10.6 Å². The number of pyridine rings is 1. The Hall–Kier alpha value is -2.57. The van der Waals surface area contributed by atoms with E-state index in [4.69, 9.17) is 9.47 Å². The summed E-state index contributed by atoms with van der Waals surface area (Å²) in [5.74, 6) is 1.55. The fourth-order valence-corrected chi connectivity index (χ4v) is 3.29. The summed E-state index contributed by atoms with van der Waals surface area (Å²) >= 11 is 0.